The summed E-state index contributed by atoms with van der Waals surface area (Å²) in [4.78, 5) is 0.448. The van der Waals surface area contributed by atoms with Gasteiger partial charge >= 0.3 is 0 Å². The molecule has 0 aliphatic rings. The Morgan fingerprint density at radius 2 is 1.89 bits per heavy atom. The predicted octanol–water partition coefficient (Wildman–Crippen LogP) is 4.07. The van der Waals surface area contributed by atoms with Gasteiger partial charge in [-0.05, 0) is 30.9 Å². The number of nitrogens with one attached hydrogen (secondary N) is 1. The van der Waals surface area contributed by atoms with Crippen LogP contribution in [0.5, 0.6) is 0 Å². The van der Waals surface area contributed by atoms with Crippen molar-refractivity contribution in [1.29, 1.82) is 0 Å². The van der Waals surface area contributed by atoms with Crippen molar-refractivity contribution in [2.45, 2.75) is 32.7 Å². The summed E-state index contributed by atoms with van der Waals surface area (Å²) in [6, 6.07) is 12.8. The first-order valence-corrected chi connectivity index (χ1v) is 7.12. The molecule has 2 aromatic rings. The fourth-order valence-electron chi connectivity index (χ4n) is 2.41. The molecule has 0 radical (unpaired) electrons. The molecule has 0 saturated carbocycles. The van der Waals surface area contributed by atoms with Crippen LogP contribution in [0, 0.1) is 0 Å². The molecule has 0 aromatic heterocycles. The Balaban J connectivity index is 2.46. The summed E-state index contributed by atoms with van der Waals surface area (Å²) in [7, 11) is 0. The van der Waals surface area contributed by atoms with Crippen LogP contribution in [-0.4, -0.2) is 11.0 Å². The molecule has 0 aliphatic carbocycles. The average Bonchev–Trinajstić information content (AvgIpc) is 2.39. The molecule has 0 bridgehead atoms. The van der Waals surface area contributed by atoms with Gasteiger partial charge in [0.1, 0.15) is 4.99 Å². The highest BCUT2D eigenvalue weighted by Crippen LogP contribution is 2.27. The second kappa shape index (κ2) is 6.02. The molecule has 1 unspecified atom stereocenters. The standard InChI is InChI=1S/C16H20N2S/c1-3-6-11(2)18-15-10-9-14(16(17)19)12-7-4-5-8-13(12)15/h4-5,7-11,18H,3,6H2,1-2H3,(H2,17,19). The van der Waals surface area contributed by atoms with Crippen molar-refractivity contribution in [2.24, 2.45) is 5.73 Å². The molecular formula is C16H20N2S. The first-order valence-electron chi connectivity index (χ1n) is 6.71. The molecule has 0 aliphatic heterocycles. The summed E-state index contributed by atoms with van der Waals surface area (Å²) in [5.74, 6) is 0. The zero-order valence-electron chi connectivity index (χ0n) is 11.4. The molecule has 1 atom stereocenters. The van der Waals surface area contributed by atoms with Gasteiger partial charge in [0.25, 0.3) is 0 Å². The maximum Gasteiger partial charge on any atom is 0.104 e. The number of benzene rings is 2. The van der Waals surface area contributed by atoms with Gasteiger partial charge in [-0.2, -0.15) is 0 Å². The summed E-state index contributed by atoms with van der Waals surface area (Å²) in [6.45, 7) is 4.41. The lowest BCUT2D eigenvalue weighted by atomic mass is 10.0. The van der Waals surface area contributed by atoms with Gasteiger partial charge in [0.05, 0.1) is 0 Å². The Labute approximate surface area is 120 Å². The van der Waals surface area contributed by atoms with Gasteiger partial charge in [-0.15, -0.1) is 0 Å². The highest BCUT2D eigenvalue weighted by atomic mass is 32.1. The van der Waals surface area contributed by atoms with Crippen LogP contribution in [0.15, 0.2) is 36.4 Å². The van der Waals surface area contributed by atoms with Gasteiger partial charge in [0.2, 0.25) is 0 Å². The second-order valence-corrected chi connectivity index (χ2v) is 5.34. The van der Waals surface area contributed by atoms with E-state index in [1.54, 1.807) is 0 Å². The summed E-state index contributed by atoms with van der Waals surface area (Å²) in [5, 5.41) is 5.86. The zero-order chi connectivity index (χ0) is 13.8. The molecule has 100 valence electrons. The molecule has 0 fully saturated rings. The normalized spacial score (nSPS) is 12.3. The molecule has 2 aromatic carbocycles. The van der Waals surface area contributed by atoms with Gasteiger partial charge in [0, 0.05) is 22.7 Å². The van der Waals surface area contributed by atoms with Gasteiger partial charge in [0.15, 0.2) is 0 Å². The summed E-state index contributed by atoms with van der Waals surface area (Å²) in [5.41, 5.74) is 7.88. The Morgan fingerprint density at radius 1 is 1.21 bits per heavy atom. The molecule has 2 rings (SSSR count). The van der Waals surface area contributed by atoms with E-state index in [9.17, 15) is 0 Å². The summed E-state index contributed by atoms with van der Waals surface area (Å²) < 4.78 is 0. The van der Waals surface area contributed by atoms with Crippen molar-refractivity contribution in [2.75, 3.05) is 5.32 Å². The van der Waals surface area contributed by atoms with Crippen molar-refractivity contribution >= 4 is 33.7 Å². The number of rotatable bonds is 5. The molecule has 19 heavy (non-hydrogen) atoms. The minimum atomic E-state index is 0.448. The van der Waals surface area contributed by atoms with Crippen LogP contribution < -0.4 is 11.1 Å². The Hall–Kier alpha value is -1.61. The molecular weight excluding hydrogens is 252 g/mol. The van der Waals surface area contributed by atoms with Crippen molar-refractivity contribution in [3.05, 3.63) is 42.0 Å². The highest BCUT2D eigenvalue weighted by Gasteiger charge is 2.09. The van der Waals surface area contributed by atoms with Crippen molar-refractivity contribution < 1.29 is 0 Å². The Morgan fingerprint density at radius 3 is 2.53 bits per heavy atom. The first kappa shape index (κ1) is 13.8. The quantitative estimate of drug-likeness (QED) is 0.806. The van der Waals surface area contributed by atoms with Gasteiger partial charge in [-0.3, -0.25) is 0 Å². The fraction of sp³-hybridized carbons (Fsp3) is 0.312. The molecule has 0 saturated heterocycles. The van der Waals surface area contributed by atoms with E-state index in [0.717, 1.165) is 23.1 Å². The van der Waals surface area contributed by atoms with Crippen LogP contribution in [-0.2, 0) is 0 Å². The second-order valence-electron chi connectivity index (χ2n) is 4.90. The molecule has 0 amide bonds. The van der Waals surface area contributed by atoms with E-state index in [2.05, 4.69) is 37.4 Å². The lowest BCUT2D eigenvalue weighted by molar-refractivity contribution is 0.691. The lowest BCUT2D eigenvalue weighted by Crippen LogP contribution is -2.15. The number of hydrogen-bond acceptors (Lipinski definition) is 2. The Kier molecular flexibility index (Phi) is 4.38. The number of anilines is 1. The van der Waals surface area contributed by atoms with Crippen LogP contribution in [0.1, 0.15) is 32.3 Å². The third-order valence-corrected chi connectivity index (χ3v) is 3.53. The van der Waals surface area contributed by atoms with Gasteiger partial charge < -0.3 is 11.1 Å². The monoisotopic (exact) mass is 272 g/mol. The van der Waals surface area contributed by atoms with E-state index in [1.165, 1.54) is 11.8 Å². The molecule has 2 nitrogen and oxygen atoms in total. The maximum atomic E-state index is 5.79. The SMILES string of the molecule is CCCC(C)Nc1ccc(C(N)=S)c2ccccc12. The smallest absolute Gasteiger partial charge is 0.104 e. The predicted molar refractivity (Wildman–Crippen MR) is 87.8 cm³/mol. The van der Waals surface area contributed by atoms with Crippen LogP contribution >= 0.6 is 12.2 Å². The molecule has 0 spiro atoms. The van der Waals surface area contributed by atoms with E-state index in [4.69, 9.17) is 18.0 Å². The zero-order valence-corrected chi connectivity index (χ0v) is 12.3. The van der Waals surface area contributed by atoms with Crippen LogP contribution in [0.25, 0.3) is 10.8 Å². The van der Waals surface area contributed by atoms with E-state index in [-0.39, 0.29) is 0 Å². The highest BCUT2D eigenvalue weighted by molar-refractivity contribution is 7.80. The van der Waals surface area contributed by atoms with E-state index in [0.29, 0.717) is 11.0 Å². The van der Waals surface area contributed by atoms with Crippen molar-refractivity contribution in [3.8, 4) is 0 Å². The van der Waals surface area contributed by atoms with Crippen molar-refractivity contribution in [3.63, 3.8) is 0 Å². The summed E-state index contributed by atoms with van der Waals surface area (Å²) >= 11 is 5.12. The number of nitrogens with two attached hydrogens (primary N) is 1. The maximum absolute atomic E-state index is 5.79. The number of fused-ring (bicyclic) bond motifs is 1. The Bertz CT molecular complexity index is 592. The van der Waals surface area contributed by atoms with Crippen LogP contribution in [0.2, 0.25) is 0 Å². The number of hydrogen-bond donors (Lipinski definition) is 2. The van der Waals surface area contributed by atoms with Gasteiger partial charge in [-0.1, -0.05) is 49.8 Å². The first-order chi connectivity index (χ1) is 9.13. The third kappa shape index (κ3) is 3.04. The fourth-order valence-corrected chi connectivity index (χ4v) is 2.59. The van der Waals surface area contributed by atoms with Crippen molar-refractivity contribution in [1.82, 2.24) is 0 Å². The average molecular weight is 272 g/mol. The molecule has 3 heteroatoms. The van der Waals surface area contributed by atoms with Crippen LogP contribution in [0.4, 0.5) is 5.69 Å². The third-order valence-electron chi connectivity index (χ3n) is 3.31. The van der Waals surface area contributed by atoms with E-state index >= 15 is 0 Å². The number of thiocarbonyl (C=S) groups is 1. The van der Waals surface area contributed by atoms with Crippen LogP contribution in [0.3, 0.4) is 0 Å². The van der Waals surface area contributed by atoms with Gasteiger partial charge in [-0.25, -0.2) is 0 Å². The summed E-state index contributed by atoms with van der Waals surface area (Å²) in [6.07, 6.45) is 2.34. The lowest BCUT2D eigenvalue weighted by Gasteiger charge is -2.17. The molecule has 3 N–H and O–H groups in total. The minimum absolute atomic E-state index is 0.448. The minimum Gasteiger partial charge on any atom is -0.389 e. The van der Waals surface area contributed by atoms with E-state index in [1.807, 2.05) is 18.2 Å². The molecule has 0 heterocycles. The van der Waals surface area contributed by atoms with E-state index < -0.39 is 0 Å². The largest absolute Gasteiger partial charge is 0.389 e. The topological polar surface area (TPSA) is 38.0 Å².